The number of rotatable bonds is 8. The number of benzene rings is 1. The van der Waals surface area contributed by atoms with Crippen LogP contribution in [-0.2, 0) is 23.1 Å². The number of ether oxygens (including phenoxy) is 1. The summed E-state index contributed by atoms with van der Waals surface area (Å²) in [6.07, 6.45) is 8.52. The van der Waals surface area contributed by atoms with Gasteiger partial charge < -0.3 is 20.3 Å². The van der Waals surface area contributed by atoms with Gasteiger partial charge in [0.1, 0.15) is 6.33 Å². The van der Waals surface area contributed by atoms with Crippen LogP contribution in [0.5, 0.6) is 0 Å². The van der Waals surface area contributed by atoms with Gasteiger partial charge in [0.2, 0.25) is 11.9 Å². The Hall–Kier alpha value is -5.10. The van der Waals surface area contributed by atoms with Crippen molar-refractivity contribution in [3.8, 4) is 16.9 Å². The van der Waals surface area contributed by atoms with E-state index in [0.717, 1.165) is 35.6 Å². The second kappa shape index (κ2) is 10.9. The molecule has 12 nitrogen and oxygen atoms in total. The number of pyridine rings is 1. The van der Waals surface area contributed by atoms with Crippen LogP contribution in [0.3, 0.4) is 0 Å². The number of imidazole rings is 1. The number of fused-ring (bicyclic) bond motifs is 1. The zero-order chi connectivity index (χ0) is 27.5. The molecule has 1 aromatic carbocycles. The summed E-state index contributed by atoms with van der Waals surface area (Å²) in [5.41, 5.74) is 5.73. The number of hydrogen-bond acceptors (Lipinski definition) is 9. The number of nitrogens with one attached hydrogen (secondary N) is 2. The summed E-state index contributed by atoms with van der Waals surface area (Å²) < 4.78 is 9.19. The predicted octanol–water partition coefficient (Wildman–Crippen LogP) is 3.18. The van der Waals surface area contributed by atoms with E-state index in [1.165, 1.54) is 6.08 Å². The Morgan fingerprint density at radius 2 is 1.90 bits per heavy atom. The molecule has 1 fully saturated rings. The molecule has 1 saturated heterocycles. The molecule has 0 bridgehead atoms. The molecule has 0 unspecified atom stereocenters. The van der Waals surface area contributed by atoms with Gasteiger partial charge in [-0.3, -0.25) is 19.0 Å². The molecule has 1 aliphatic heterocycles. The maximum atomic E-state index is 11.5. The van der Waals surface area contributed by atoms with Crippen molar-refractivity contribution in [2.75, 3.05) is 41.8 Å². The molecule has 5 aromatic rings. The highest BCUT2D eigenvalue weighted by atomic mass is 16.5. The largest absolute Gasteiger partial charge is 0.378 e. The standard InChI is InChI=1S/C28H28N10O2/c1-3-24(39)33-21-7-5-20(6-8-21)23-9-4-19(14-29-23)15-30-26-25-27(35-28(34-26)37-10-12-40-13-11-37)38(18-31-25)22-16-32-36(2)17-22/h3-9,14,16-18H,1,10-13,15H2,2H3,(H,33,39)(H,30,34,35). The van der Waals surface area contributed by atoms with E-state index in [9.17, 15) is 4.79 Å². The number of hydrogen-bond donors (Lipinski definition) is 2. The van der Waals surface area contributed by atoms with Crippen molar-refractivity contribution in [1.82, 2.24) is 34.3 Å². The summed E-state index contributed by atoms with van der Waals surface area (Å²) in [4.78, 5) is 32.6. The second-order valence-corrected chi connectivity index (χ2v) is 9.31. The molecule has 202 valence electrons. The molecular weight excluding hydrogens is 508 g/mol. The first-order chi connectivity index (χ1) is 19.6. The first kappa shape index (κ1) is 25.2. The molecule has 0 radical (unpaired) electrons. The molecule has 0 spiro atoms. The van der Waals surface area contributed by atoms with Crippen molar-refractivity contribution in [1.29, 1.82) is 0 Å². The highest BCUT2D eigenvalue weighted by molar-refractivity contribution is 5.99. The third-order valence-corrected chi connectivity index (χ3v) is 6.57. The lowest BCUT2D eigenvalue weighted by atomic mass is 10.1. The maximum absolute atomic E-state index is 11.5. The van der Waals surface area contributed by atoms with Crippen LogP contribution in [0.1, 0.15) is 5.56 Å². The van der Waals surface area contributed by atoms with Gasteiger partial charge in [-0.25, -0.2) is 4.98 Å². The Bertz CT molecular complexity index is 1650. The molecule has 2 N–H and O–H groups in total. The van der Waals surface area contributed by atoms with E-state index in [4.69, 9.17) is 14.7 Å². The Kier molecular flexibility index (Phi) is 6.89. The van der Waals surface area contributed by atoms with Crippen LogP contribution >= 0.6 is 0 Å². The lowest BCUT2D eigenvalue weighted by Gasteiger charge is -2.27. The monoisotopic (exact) mass is 536 g/mol. The van der Waals surface area contributed by atoms with Gasteiger partial charge >= 0.3 is 0 Å². The van der Waals surface area contributed by atoms with E-state index in [1.807, 2.05) is 60.4 Å². The average molecular weight is 537 g/mol. The van der Waals surface area contributed by atoms with Crippen LogP contribution in [0, 0.1) is 0 Å². The first-order valence-corrected chi connectivity index (χ1v) is 12.9. The minimum absolute atomic E-state index is 0.246. The number of aryl methyl sites for hydroxylation is 1. The minimum Gasteiger partial charge on any atom is -0.378 e. The van der Waals surface area contributed by atoms with Gasteiger partial charge in [-0.1, -0.05) is 24.8 Å². The van der Waals surface area contributed by atoms with E-state index in [0.29, 0.717) is 48.4 Å². The number of morpholine rings is 1. The van der Waals surface area contributed by atoms with Gasteiger partial charge in [0.15, 0.2) is 17.0 Å². The van der Waals surface area contributed by atoms with E-state index in [2.05, 4.69) is 37.2 Å². The van der Waals surface area contributed by atoms with E-state index in [-0.39, 0.29) is 5.91 Å². The van der Waals surface area contributed by atoms with Crippen LogP contribution in [0.2, 0.25) is 0 Å². The van der Waals surface area contributed by atoms with Crippen molar-refractivity contribution < 1.29 is 9.53 Å². The fraction of sp³-hybridized carbons (Fsp3) is 0.214. The van der Waals surface area contributed by atoms with Crippen molar-refractivity contribution in [2.24, 2.45) is 7.05 Å². The average Bonchev–Trinajstić information content (AvgIpc) is 3.63. The van der Waals surface area contributed by atoms with Crippen molar-refractivity contribution in [2.45, 2.75) is 6.54 Å². The maximum Gasteiger partial charge on any atom is 0.247 e. The van der Waals surface area contributed by atoms with Gasteiger partial charge in [-0.05, 0) is 29.8 Å². The second-order valence-electron chi connectivity index (χ2n) is 9.31. The topological polar surface area (TPSA) is 128 Å². The fourth-order valence-corrected chi connectivity index (χ4v) is 4.44. The number of aromatic nitrogens is 7. The zero-order valence-corrected chi connectivity index (χ0v) is 22.0. The number of carbonyl (C=O) groups is 1. The Morgan fingerprint density at radius 1 is 1.07 bits per heavy atom. The van der Waals surface area contributed by atoms with E-state index >= 15 is 0 Å². The molecule has 0 atom stereocenters. The molecule has 4 aromatic heterocycles. The number of amides is 1. The molecule has 0 aliphatic carbocycles. The smallest absolute Gasteiger partial charge is 0.247 e. The minimum atomic E-state index is -0.246. The fourth-order valence-electron chi connectivity index (χ4n) is 4.44. The Balaban J connectivity index is 1.23. The molecule has 6 rings (SSSR count). The van der Waals surface area contributed by atoms with Gasteiger partial charge in [-0.2, -0.15) is 15.1 Å². The van der Waals surface area contributed by atoms with Crippen LogP contribution in [0.15, 0.2) is 74.0 Å². The third kappa shape index (κ3) is 5.24. The van der Waals surface area contributed by atoms with Crippen molar-refractivity contribution in [3.05, 3.63) is 79.5 Å². The van der Waals surface area contributed by atoms with Crippen molar-refractivity contribution in [3.63, 3.8) is 0 Å². The summed E-state index contributed by atoms with van der Waals surface area (Å²) in [7, 11) is 1.88. The molecule has 1 aliphatic rings. The summed E-state index contributed by atoms with van der Waals surface area (Å²) in [6, 6.07) is 11.5. The van der Waals surface area contributed by atoms with Crippen molar-refractivity contribution >= 4 is 34.5 Å². The molecule has 40 heavy (non-hydrogen) atoms. The Morgan fingerprint density at radius 3 is 2.60 bits per heavy atom. The van der Waals surface area contributed by atoms with Gasteiger partial charge in [0.25, 0.3) is 0 Å². The molecular formula is C28H28N10O2. The lowest BCUT2D eigenvalue weighted by molar-refractivity contribution is -0.111. The molecule has 12 heteroatoms. The van der Waals surface area contributed by atoms with E-state index in [1.54, 1.807) is 17.2 Å². The number of carbonyl (C=O) groups excluding carboxylic acids is 1. The lowest BCUT2D eigenvalue weighted by Crippen LogP contribution is -2.37. The highest BCUT2D eigenvalue weighted by Crippen LogP contribution is 2.26. The number of anilines is 3. The van der Waals surface area contributed by atoms with Crippen LogP contribution in [0.25, 0.3) is 28.1 Å². The van der Waals surface area contributed by atoms with Gasteiger partial charge in [0, 0.05) is 50.3 Å². The van der Waals surface area contributed by atoms with E-state index < -0.39 is 0 Å². The van der Waals surface area contributed by atoms with Gasteiger partial charge in [0.05, 0.1) is 30.8 Å². The summed E-state index contributed by atoms with van der Waals surface area (Å²) in [6.45, 7) is 6.69. The van der Waals surface area contributed by atoms with Gasteiger partial charge in [-0.15, -0.1) is 0 Å². The first-order valence-electron chi connectivity index (χ1n) is 12.9. The van der Waals surface area contributed by atoms with Crippen LogP contribution in [0.4, 0.5) is 17.5 Å². The summed E-state index contributed by atoms with van der Waals surface area (Å²) in [5.74, 6) is 1.03. The quantitative estimate of drug-likeness (QED) is 0.287. The SMILES string of the molecule is C=CC(=O)Nc1ccc(-c2ccc(CNc3nc(N4CCOCC4)nc4c3ncn4-c3cnn(C)c3)cn2)cc1. The summed E-state index contributed by atoms with van der Waals surface area (Å²) in [5, 5.41) is 10.5. The van der Waals surface area contributed by atoms with Crippen LogP contribution < -0.4 is 15.5 Å². The molecule has 5 heterocycles. The third-order valence-electron chi connectivity index (χ3n) is 6.57. The van der Waals surface area contributed by atoms with Crippen LogP contribution in [-0.4, -0.2) is 66.5 Å². The molecule has 1 amide bonds. The number of nitrogens with zero attached hydrogens (tertiary/aromatic N) is 8. The Labute approximate surface area is 230 Å². The highest BCUT2D eigenvalue weighted by Gasteiger charge is 2.20. The zero-order valence-electron chi connectivity index (χ0n) is 22.0. The summed E-state index contributed by atoms with van der Waals surface area (Å²) >= 11 is 0. The predicted molar refractivity (Wildman–Crippen MR) is 152 cm³/mol. The normalized spacial score (nSPS) is 13.4. The molecule has 0 saturated carbocycles.